The molecule has 0 N–H and O–H groups in total. The Labute approximate surface area is 137 Å². The summed E-state index contributed by atoms with van der Waals surface area (Å²) in [5.41, 5.74) is 0.471. The first-order chi connectivity index (χ1) is 11.7. The van der Waals surface area contributed by atoms with Crippen LogP contribution in [-0.4, -0.2) is 19.2 Å². The summed E-state index contributed by atoms with van der Waals surface area (Å²) in [6, 6.07) is 6.77. The fraction of sp³-hybridized carbons (Fsp3) is 0.333. The summed E-state index contributed by atoms with van der Waals surface area (Å²) in [5, 5.41) is 1.64. The van der Waals surface area contributed by atoms with Gasteiger partial charge in [0.15, 0.2) is 11.2 Å². The van der Waals surface area contributed by atoms with Gasteiger partial charge in [-0.15, -0.1) is 0 Å². The SMILES string of the molecule is CCOC(=O)CCCCOc1c2occc2cc2ccc(=O)oc12. The van der Waals surface area contributed by atoms with Gasteiger partial charge in [-0.1, -0.05) is 0 Å². The second-order valence-electron chi connectivity index (χ2n) is 5.33. The fourth-order valence-corrected chi connectivity index (χ4v) is 2.52. The Kier molecular flexibility index (Phi) is 4.84. The van der Waals surface area contributed by atoms with Crippen LogP contribution in [0.15, 0.2) is 44.2 Å². The zero-order chi connectivity index (χ0) is 16.9. The van der Waals surface area contributed by atoms with Gasteiger partial charge in [-0.2, -0.15) is 0 Å². The summed E-state index contributed by atoms with van der Waals surface area (Å²) in [7, 11) is 0. The van der Waals surface area contributed by atoms with Crippen LogP contribution in [0.5, 0.6) is 5.75 Å². The number of hydrogen-bond acceptors (Lipinski definition) is 6. The van der Waals surface area contributed by atoms with Crippen molar-refractivity contribution in [3.63, 3.8) is 0 Å². The average molecular weight is 330 g/mol. The topological polar surface area (TPSA) is 78.9 Å². The highest BCUT2D eigenvalue weighted by Gasteiger charge is 2.14. The molecule has 0 amide bonds. The molecular formula is C18H18O6. The van der Waals surface area contributed by atoms with Crippen LogP contribution < -0.4 is 10.4 Å². The third kappa shape index (κ3) is 3.42. The Bertz CT molecular complexity index is 905. The number of unbranched alkanes of at least 4 members (excludes halogenated alkanes) is 1. The molecule has 0 saturated heterocycles. The number of rotatable bonds is 7. The monoisotopic (exact) mass is 330 g/mol. The number of ether oxygens (including phenoxy) is 2. The molecular weight excluding hydrogens is 312 g/mol. The molecule has 1 aromatic carbocycles. The summed E-state index contributed by atoms with van der Waals surface area (Å²) in [4.78, 5) is 22.8. The first-order valence-electron chi connectivity index (χ1n) is 7.91. The van der Waals surface area contributed by atoms with E-state index in [1.807, 2.05) is 12.1 Å². The Morgan fingerprint density at radius 2 is 1.96 bits per heavy atom. The first-order valence-corrected chi connectivity index (χ1v) is 7.91. The van der Waals surface area contributed by atoms with Crippen molar-refractivity contribution < 1.29 is 23.1 Å². The van der Waals surface area contributed by atoms with Crippen LogP contribution in [0.4, 0.5) is 0 Å². The number of esters is 1. The van der Waals surface area contributed by atoms with E-state index in [9.17, 15) is 9.59 Å². The molecule has 0 atom stereocenters. The van der Waals surface area contributed by atoms with E-state index in [1.165, 1.54) is 6.07 Å². The molecule has 3 rings (SSSR count). The lowest BCUT2D eigenvalue weighted by molar-refractivity contribution is -0.143. The predicted molar refractivity (Wildman–Crippen MR) is 88.2 cm³/mol. The largest absolute Gasteiger partial charge is 0.486 e. The van der Waals surface area contributed by atoms with Crippen molar-refractivity contribution in [2.24, 2.45) is 0 Å². The van der Waals surface area contributed by atoms with E-state index in [-0.39, 0.29) is 5.97 Å². The van der Waals surface area contributed by atoms with Crippen molar-refractivity contribution in [2.75, 3.05) is 13.2 Å². The van der Waals surface area contributed by atoms with E-state index in [0.29, 0.717) is 49.4 Å². The van der Waals surface area contributed by atoms with Gasteiger partial charge in [-0.25, -0.2) is 4.79 Å². The molecule has 24 heavy (non-hydrogen) atoms. The Morgan fingerprint density at radius 3 is 2.79 bits per heavy atom. The molecule has 3 aromatic rings. The summed E-state index contributed by atoms with van der Waals surface area (Å²) >= 11 is 0. The van der Waals surface area contributed by atoms with Crippen LogP contribution in [0, 0.1) is 0 Å². The highest BCUT2D eigenvalue weighted by molar-refractivity contribution is 5.99. The average Bonchev–Trinajstić information content (AvgIpc) is 3.02. The van der Waals surface area contributed by atoms with Gasteiger partial charge in [-0.3, -0.25) is 4.79 Å². The second kappa shape index (κ2) is 7.21. The van der Waals surface area contributed by atoms with E-state index >= 15 is 0 Å². The number of carbonyl (C=O) groups excluding carboxylic acids is 1. The van der Waals surface area contributed by atoms with Crippen LogP contribution >= 0.6 is 0 Å². The van der Waals surface area contributed by atoms with Crippen LogP contribution in [0.1, 0.15) is 26.2 Å². The number of carbonyl (C=O) groups is 1. The summed E-state index contributed by atoms with van der Waals surface area (Å²) < 4.78 is 21.4. The van der Waals surface area contributed by atoms with Gasteiger partial charge < -0.3 is 18.3 Å². The lowest BCUT2D eigenvalue weighted by Gasteiger charge is -2.09. The summed E-state index contributed by atoms with van der Waals surface area (Å²) in [6.07, 6.45) is 3.26. The highest BCUT2D eigenvalue weighted by atomic mass is 16.5. The van der Waals surface area contributed by atoms with Crippen molar-refractivity contribution in [3.05, 3.63) is 40.9 Å². The van der Waals surface area contributed by atoms with Gasteiger partial charge in [0.25, 0.3) is 0 Å². The predicted octanol–water partition coefficient (Wildman–Crippen LogP) is 3.65. The van der Waals surface area contributed by atoms with E-state index in [2.05, 4.69) is 0 Å². The number of furan rings is 1. The van der Waals surface area contributed by atoms with Crippen molar-refractivity contribution in [2.45, 2.75) is 26.2 Å². The molecule has 126 valence electrons. The van der Waals surface area contributed by atoms with E-state index in [0.717, 1.165) is 10.8 Å². The Morgan fingerprint density at radius 1 is 1.12 bits per heavy atom. The molecule has 0 aliphatic heterocycles. The van der Waals surface area contributed by atoms with E-state index in [1.54, 1.807) is 19.3 Å². The molecule has 2 heterocycles. The van der Waals surface area contributed by atoms with Gasteiger partial charge in [0.2, 0.25) is 5.75 Å². The summed E-state index contributed by atoms with van der Waals surface area (Å²) in [6.45, 7) is 2.55. The first kappa shape index (κ1) is 16.1. The molecule has 6 heteroatoms. The lowest BCUT2D eigenvalue weighted by Crippen LogP contribution is -2.05. The normalized spacial score (nSPS) is 11.0. The molecule has 0 bridgehead atoms. The lowest BCUT2D eigenvalue weighted by atomic mass is 10.1. The van der Waals surface area contributed by atoms with Crippen molar-refractivity contribution >= 4 is 27.9 Å². The van der Waals surface area contributed by atoms with Crippen LogP contribution in [0.3, 0.4) is 0 Å². The molecule has 0 unspecified atom stereocenters. The molecule has 6 nitrogen and oxygen atoms in total. The molecule has 0 aliphatic carbocycles. The smallest absolute Gasteiger partial charge is 0.336 e. The fourth-order valence-electron chi connectivity index (χ4n) is 2.52. The van der Waals surface area contributed by atoms with E-state index in [4.69, 9.17) is 18.3 Å². The van der Waals surface area contributed by atoms with Gasteiger partial charge in [0.05, 0.1) is 19.5 Å². The quantitative estimate of drug-likeness (QED) is 0.374. The maximum Gasteiger partial charge on any atom is 0.336 e. The van der Waals surface area contributed by atoms with Gasteiger partial charge in [-0.05, 0) is 38.0 Å². The molecule has 0 saturated carbocycles. The standard InChI is InChI=1S/C18H18O6/c1-2-21-14(19)5-3-4-9-22-18-16-13(8-10-23-16)11-12-6-7-15(20)24-17(12)18/h6-8,10-11H,2-5,9H2,1H3. The number of fused-ring (bicyclic) bond motifs is 2. The van der Waals surface area contributed by atoms with Crippen LogP contribution in [-0.2, 0) is 9.53 Å². The minimum Gasteiger partial charge on any atom is -0.486 e. The van der Waals surface area contributed by atoms with Crippen molar-refractivity contribution in [3.8, 4) is 5.75 Å². The number of benzene rings is 1. The Balaban J connectivity index is 1.75. The van der Waals surface area contributed by atoms with Crippen LogP contribution in [0.25, 0.3) is 21.9 Å². The van der Waals surface area contributed by atoms with Crippen LogP contribution in [0.2, 0.25) is 0 Å². The molecule has 0 radical (unpaired) electrons. The van der Waals surface area contributed by atoms with Gasteiger partial charge in [0, 0.05) is 23.3 Å². The zero-order valence-corrected chi connectivity index (χ0v) is 13.4. The van der Waals surface area contributed by atoms with Gasteiger partial charge in [0.1, 0.15) is 0 Å². The Hall–Kier alpha value is -2.76. The minimum atomic E-state index is -0.444. The summed E-state index contributed by atoms with van der Waals surface area (Å²) in [5.74, 6) is 0.211. The molecule has 2 aromatic heterocycles. The van der Waals surface area contributed by atoms with Crippen molar-refractivity contribution in [1.29, 1.82) is 0 Å². The molecule has 0 fully saturated rings. The zero-order valence-electron chi connectivity index (χ0n) is 13.4. The molecule has 0 spiro atoms. The highest BCUT2D eigenvalue weighted by Crippen LogP contribution is 2.35. The third-order valence-corrected chi connectivity index (χ3v) is 3.61. The maximum absolute atomic E-state index is 11.5. The van der Waals surface area contributed by atoms with Gasteiger partial charge >= 0.3 is 11.6 Å². The second-order valence-corrected chi connectivity index (χ2v) is 5.33. The van der Waals surface area contributed by atoms with Crippen molar-refractivity contribution in [1.82, 2.24) is 0 Å². The third-order valence-electron chi connectivity index (χ3n) is 3.61. The number of hydrogen-bond donors (Lipinski definition) is 0. The van der Waals surface area contributed by atoms with E-state index < -0.39 is 5.63 Å². The minimum absolute atomic E-state index is 0.206. The molecule has 0 aliphatic rings. The maximum atomic E-state index is 11.5.